The van der Waals surface area contributed by atoms with Crippen LogP contribution in [0.2, 0.25) is 0 Å². The highest BCUT2D eigenvalue weighted by Gasteiger charge is 2.79. The van der Waals surface area contributed by atoms with E-state index in [2.05, 4.69) is 0 Å². The number of ketones is 1. The summed E-state index contributed by atoms with van der Waals surface area (Å²) in [6, 6.07) is 17.6. The fourth-order valence-electron chi connectivity index (χ4n) is 26.8. The van der Waals surface area contributed by atoms with Crippen LogP contribution < -0.4 is 0 Å². The van der Waals surface area contributed by atoms with Crippen LogP contribution in [0.15, 0.2) is 54.6 Å². The number of rotatable bonds is 4. The SMILES string of the molecule is O=C(c1ccccc1)[C@@H]1O[C@H](c2ccc([N+](=O)[O-])cc2)C23c4c5c6c7c8c9c(c%10c%11c2c2c4c4c%12c5c5c6c6c8c8c%13c9c9c%10c%10c%11c%11c2c2c4c4c%12c%12c5c5c6c8c6c8c%13c9c9c%10c%10c%11c2c2c4c4c%12c5c6c5c8c9c%10c2c45)C713. The molecule has 2 spiro atoms. The Labute approximate surface area is 435 Å². The Kier molecular flexibility index (Phi) is 2.91. The largest absolute Gasteiger partial charge is 0.359 e. The summed E-state index contributed by atoms with van der Waals surface area (Å²) in [6.07, 6.45) is -1.57. The Morgan fingerprint density at radius 2 is 0.537 bits per heavy atom. The third-order valence-electron chi connectivity index (χ3n) is 27.2. The lowest BCUT2D eigenvalue weighted by Crippen LogP contribution is -2.56. The minimum Gasteiger partial charge on any atom is -0.359 e. The van der Waals surface area contributed by atoms with Gasteiger partial charge in [-0.15, -0.1) is 0 Å². The third kappa shape index (κ3) is 1.78. The Hall–Kier alpha value is -10.1. The van der Waals surface area contributed by atoms with Gasteiger partial charge in [0.15, 0.2) is 5.78 Å². The second kappa shape index (κ2) is 7.43. The van der Waals surface area contributed by atoms with E-state index in [1.165, 1.54) is 238 Å². The Morgan fingerprint density at radius 1 is 0.312 bits per heavy atom. The van der Waals surface area contributed by atoms with Gasteiger partial charge in [-0.05, 0) is 331 Å². The molecule has 30 aromatic rings. The van der Waals surface area contributed by atoms with Gasteiger partial charge in [0, 0.05) is 17.7 Å². The normalized spacial score (nSPS) is 22.9. The number of carbonyl (C=O) groups excluding carboxylic acids is 1. The molecule has 0 unspecified atom stereocenters. The van der Waals surface area contributed by atoms with Gasteiger partial charge < -0.3 is 4.74 Å². The molecule has 1 heterocycles. The summed E-state index contributed by atoms with van der Waals surface area (Å²) >= 11 is 0. The van der Waals surface area contributed by atoms with E-state index in [4.69, 9.17) is 4.74 Å². The predicted molar refractivity (Wildman–Crippen MR) is 325 cm³/mol. The first-order valence-electron chi connectivity index (χ1n) is 28.9. The van der Waals surface area contributed by atoms with E-state index in [1.54, 1.807) is 87.5 Å². The Balaban J connectivity index is 1.06. The zero-order valence-corrected chi connectivity index (χ0v) is 40.4. The number of nitro benzene ring substituents is 1. The molecule has 0 radical (unpaired) electrons. The van der Waals surface area contributed by atoms with E-state index < -0.39 is 23.0 Å². The second-order valence-electron chi connectivity index (χ2n) is 27.8. The number of nitrogens with zero attached hydrogens (tertiary/aromatic N) is 1. The molecule has 0 N–H and O–H groups in total. The van der Waals surface area contributed by atoms with Crippen molar-refractivity contribution in [3.05, 3.63) is 98.1 Å². The Bertz CT molecular complexity index is 7850. The van der Waals surface area contributed by atoms with E-state index in [0.29, 0.717) is 5.56 Å². The van der Waals surface area contributed by atoms with Crippen molar-refractivity contribution >= 4 is 302 Å². The molecular formula is C75H11NO4. The number of nitro groups is 1. The van der Waals surface area contributed by atoms with Crippen molar-refractivity contribution in [2.45, 2.75) is 23.0 Å². The van der Waals surface area contributed by atoms with E-state index in [-0.39, 0.29) is 16.4 Å². The van der Waals surface area contributed by atoms with Crippen molar-refractivity contribution in [1.29, 1.82) is 0 Å². The van der Waals surface area contributed by atoms with Crippen LogP contribution in [0.3, 0.4) is 0 Å². The molecule has 0 saturated carbocycles. The molecule has 35 rings (SSSR count). The van der Waals surface area contributed by atoms with E-state index in [1.807, 2.05) is 42.5 Å². The van der Waals surface area contributed by atoms with E-state index >= 15 is 4.79 Å². The minimum atomic E-state index is -1.00. The maximum atomic E-state index is 17.1. The first-order valence-corrected chi connectivity index (χ1v) is 28.9. The smallest absolute Gasteiger partial charge is 0.269 e. The fraction of sp³-hybridized carbons (Fsp3) is 0.0533. The second-order valence-corrected chi connectivity index (χ2v) is 27.8. The molecule has 5 aliphatic rings. The molecule has 0 amide bonds. The molecule has 1 saturated heterocycles. The lowest BCUT2D eigenvalue weighted by Gasteiger charge is -2.52. The van der Waals surface area contributed by atoms with Gasteiger partial charge in [0.1, 0.15) is 6.10 Å². The number of ether oxygens (including phenoxy) is 1. The van der Waals surface area contributed by atoms with Crippen molar-refractivity contribution in [3.8, 4) is 0 Å². The molecule has 0 bridgehead atoms. The third-order valence-corrected chi connectivity index (χ3v) is 27.2. The van der Waals surface area contributed by atoms with Gasteiger partial charge in [0.05, 0.1) is 21.9 Å². The molecule has 80 heavy (non-hydrogen) atoms. The summed E-state index contributed by atoms with van der Waals surface area (Å²) in [5.41, 5.74) is 5.26. The quantitative estimate of drug-likeness (QED) is 0.0762. The molecule has 4 aliphatic carbocycles. The zero-order valence-electron chi connectivity index (χ0n) is 40.4. The number of benzene rings is 20. The van der Waals surface area contributed by atoms with Crippen molar-refractivity contribution in [3.63, 3.8) is 0 Å². The molecular weight excluding hydrogens is 979 g/mol. The number of carbonyl (C=O) groups is 1. The summed E-state index contributed by atoms with van der Waals surface area (Å²) in [4.78, 5) is 29.5. The van der Waals surface area contributed by atoms with Gasteiger partial charge in [-0.1, -0.05) is 30.3 Å². The maximum Gasteiger partial charge on any atom is 0.269 e. The molecule has 0 aromatic heterocycles. The summed E-state index contributed by atoms with van der Waals surface area (Å²) in [6.45, 7) is 0. The number of hydrogen-bond donors (Lipinski definition) is 0. The first kappa shape index (κ1) is 31.4. The van der Waals surface area contributed by atoms with Crippen molar-refractivity contribution in [2.24, 2.45) is 0 Å². The first-order chi connectivity index (χ1) is 39.6. The molecule has 2 atom stereocenters. The molecule has 1 fully saturated rings. The van der Waals surface area contributed by atoms with Gasteiger partial charge in [-0.2, -0.15) is 0 Å². The predicted octanol–water partition coefficient (Wildman–Crippen LogP) is 19.2. The summed E-state index contributed by atoms with van der Waals surface area (Å²) < 4.78 is 8.37. The van der Waals surface area contributed by atoms with Crippen LogP contribution in [-0.2, 0) is 15.6 Å². The highest BCUT2D eigenvalue weighted by atomic mass is 16.6. The van der Waals surface area contributed by atoms with Crippen LogP contribution in [0, 0.1) is 10.1 Å². The monoisotopic (exact) mass is 989 g/mol. The van der Waals surface area contributed by atoms with Gasteiger partial charge in [-0.25, -0.2) is 0 Å². The molecule has 1 aliphatic heterocycles. The van der Waals surface area contributed by atoms with Crippen LogP contribution in [0.4, 0.5) is 5.69 Å². The van der Waals surface area contributed by atoms with Gasteiger partial charge in [0.2, 0.25) is 0 Å². The van der Waals surface area contributed by atoms with Crippen molar-refractivity contribution < 1.29 is 14.5 Å². The fourth-order valence-corrected chi connectivity index (χ4v) is 26.8. The summed E-state index contributed by atoms with van der Waals surface area (Å²) in [5.74, 6) is 0.0342. The van der Waals surface area contributed by atoms with Crippen molar-refractivity contribution in [1.82, 2.24) is 0 Å². The summed E-state index contributed by atoms with van der Waals surface area (Å²) in [5, 5.41) is 93.8. The van der Waals surface area contributed by atoms with Crippen LogP contribution in [0.25, 0.3) is 291 Å². The molecule has 340 valence electrons. The zero-order chi connectivity index (χ0) is 48.6. The van der Waals surface area contributed by atoms with Crippen molar-refractivity contribution in [2.75, 3.05) is 0 Å². The van der Waals surface area contributed by atoms with E-state index in [9.17, 15) is 10.1 Å². The average Bonchev–Trinajstić information content (AvgIpc) is 1.41. The number of non-ortho nitro benzene ring substituents is 1. The van der Waals surface area contributed by atoms with Crippen LogP contribution in [0.1, 0.15) is 44.3 Å². The lowest BCUT2D eigenvalue weighted by molar-refractivity contribution is -0.384. The maximum absolute atomic E-state index is 17.1. The van der Waals surface area contributed by atoms with Gasteiger partial charge >= 0.3 is 0 Å². The number of hydrogen-bond acceptors (Lipinski definition) is 4. The molecule has 5 nitrogen and oxygen atoms in total. The lowest BCUT2D eigenvalue weighted by atomic mass is 9.45. The molecule has 5 heteroatoms. The average molecular weight is 990 g/mol. The molecule has 30 aromatic carbocycles. The Morgan fingerprint density at radius 3 is 0.775 bits per heavy atom. The van der Waals surface area contributed by atoms with Crippen LogP contribution in [0.5, 0.6) is 0 Å². The number of Topliss-reactive ketones (excluding diaryl/α,β-unsaturated/α-hetero) is 1. The van der Waals surface area contributed by atoms with E-state index in [0.717, 1.165) is 5.56 Å². The minimum absolute atomic E-state index is 0.0342. The van der Waals surface area contributed by atoms with Crippen LogP contribution in [-0.4, -0.2) is 16.8 Å². The highest BCUT2D eigenvalue weighted by Crippen LogP contribution is 2.87. The van der Waals surface area contributed by atoms with Gasteiger partial charge in [-0.3, -0.25) is 14.9 Å². The highest BCUT2D eigenvalue weighted by molar-refractivity contribution is 6.82. The standard InChI is InChI=1S/C75H11NO4/c77-71(10-4-2-1-3-5-10)73-75-69-63-53-43-33-25-17-14-13-15-19-21(17)29-35-27(19)37-31-23(15)24-16(13)20-22-18(14)26(25)34-40-30(22)36-28(20)38-32(24)42-41(31)51-45(37)55-49(35)57(47(53)39(29)33)65(69)61(55)67-59(51)60-52(42)46(38)56-50(36)58-48(40)54(44(34)43)64(63)70(75)66(58)62(56)68(60)74(67,75)72(80-73)11-6-8-12(9-7-11)76(78)79/h1-9,72-73H/t72-,73+,74?,75?/m1/s1. The van der Waals surface area contributed by atoms with Gasteiger partial charge in [0.25, 0.3) is 5.69 Å². The topological polar surface area (TPSA) is 69.4 Å². The van der Waals surface area contributed by atoms with Crippen LogP contribution >= 0.6 is 0 Å². The summed E-state index contributed by atoms with van der Waals surface area (Å²) in [7, 11) is 0.